The number of benzene rings is 4. The first kappa shape index (κ1) is 27.6. The van der Waals surface area contributed by atoms with Crippen molar-refractivity contribution in [2.24, 2.45) is 5.10 Å². The maximum Gasteiger partial charge on any atom is 0.343 e. The summed E-state index contributed by atoms with van der Waals surface area (Å²) in [6, 6.07) is 34.4. The monoisotopic (exact) mass is 520 g/mol. The Bertz CT molecular complexity index is 1250. The minimum absolute atomic E-state index is 0.404. The number of unbranched alkanes of at least 4 members (excludes halogenated alkanes) is 5. The Kier molecular flexibility index (Phi) is 10.7. The van der Waals surface area contributed by atoms with Crippen LogP contribution in [0, 0.1) is 0 Å². The number of esters is 1. The van der Waals surface area contributed by atoms with Crippen LogP contribution in [0.15, 0.2) is 114 Å². The molecule has 0 heterocycles. The molecule has 4 aromatic carbocycles. The van der Waals surface area contributed by atoms with Crippen molar-refractivity contribution >= 4 is 23.6 Å². The van der Waals surface area contributed by atoms with Crippen LogP contribution in [0.4, 0.5) is 11.4 Å². The molecule has 0 fully saturated rings. The first-order chi connectivity index (χ1) is 19.2. The van der Waals surface area contributed by atoms with Crippen molar-refractivity contribution in [1.82, 2.24) is 0 Å². The summed E-state index contributed by atoms with van der Waals surface area (Å²) in [6.45, 7) is 2.92. The number of hydrogen-bond donors (Lipinski definition) is 0. The van der Waals surface area contributed by atoms with Crippen LogP contribution in [0.3, 0.4) is 0 Å². The predicted molar refractivity (Wildman–Crippen MR) is 159 cm³/mol. The summed E-state index contributed by atoms with van der Waals surface area (Å²) in [5, 5.41) is 6.60. The molecular weight excluding hydrogens is 484 g/mol. The van der Waals surface area contributed by atoms with Gasteiger partial charge < -0.3 is 9.47 Å². The van der Waals surface area contributed by atoms with E-state index < -0.39 is 5.97 Å². The molecule has 0 saturated carbocycles. The lowest BCUT2D eigenvalue weighted by molar-refractivity contribution is 0.0734. The molecule has 200 valence electrons. The quantitative estimate of drug-likeness (QED) is 0.0548. The fraction of sp³-hybridized carbons (Fsp3) is 0.235. The molecule has 0 atom stereocenters. The zero-order chi connectivity index (χ0) is 27.1. The van der Waals surface area contributed by atoms with Gasteiger partial charge in [-0.15, -0.1) is 0 Å². The minimum atomic E-state index is -0.404. The Labute approximate surface area is 231 Å². The van der Waals surface area contributed by atoms with Gasteiger partial charge in [0.15, 0.2) is 0 Å². The molecule has 0 aliphatic carbocycles. The summed E-state index contributed by atoms with van der Waals surface area (Å²) >= 11 is 0. The van der Waals surface area contributed by atoms with Crippen LogP contribution in [-0.2, 0) is 0 Å². The number of nitrogens with zero attached hydrogens (tertiary/aromatic N) is 2. The van der Waals surface area contributed by atoms with E-state index >= 15 is 0 Å². The molecule has 0 bridgehead atoms. The van der Waals surface area contributed by atoms with Crippen molar-refractivity contribution < 1.29 is 14.3 Å². The maximum absolute atomic E-state index is 12.6. The maximum atomic E-state index is 12.6. The first-order valence-electron chi connectivity index (χ1n) is 13.7. The van der Waals surface area contributed by atoms with Crippen LogP contribution in [0.5, 0.6) is 11.5 Å². The molecular formula is C34H36N2O3. The number of carbonyl (C=O) groups excluding carboxylic acids is 1. The second-order valence-electron chi connectivity index (χ2n) is 9.33. The molecule has 5 nitrogen and oxygen atoms in total. The highest BCUT2D eigenvalue weighted by atomic mass is 16.5. The van der Waals surface area contributed by atoms with Gasteiger partial charge in [0.05, 0.1) is 29.8 Å². The van der Waals surface area contributed by atoms with Crippen LogP contribution in [0.2, 0.25) is 0 Å². The third-order valence-corrected chi connectivity index (χ3v) is 6.27. The Hall–Kier alpha value is -4.38. The van der Waals surface area contributed by atoms with Crippen LogP contribution < -0.4 is 14.5 Å². The van der Waals surface area contributed by atoms with Gasteiger partial charge in [-0.2, -0.15) is 5.10 Å². The highest BCUT2D eigenvalue weighted by Gasteiger charge is 2.10. The molecule has 0 amide bonds. The van der Waals surface area contributed by atoms with E-state index in [1.807, 2.05) is 89.9 Å². The van der Waals surface area contributed by atoms with E-state index in [1.54, 1.807) is 30.5 Å². The third kappa shape index (κ3) is 8.85. The van der Waals surface area contributed by atoms with E-state index in [-0.39, 0.29) is 0 Å². The predicted octanol–water partition coefficient (Wildman–Crippen LogP) is 8.82. The number of hydrogen-bond acceptors (Lipinski definition) is 5. The summed E-state index contributed by atoms with van der Waals surface area (Å²) in [5.41, 5.74) is 3.29. The summed E-state index contributed by atoms with van der Waals surface area (Å²) in [5.74, 6) is 0.838. The van der Waals surface area contributed by atoms with E-state index in [1.165, 1.54) is 32.1 Å². The average molecular weight is 521 g/mol. The summed E-state index contributed by atoms with van der Waals surface area (Å²) in [6.07, 6.45) is 9.14. The zero-order valence-electron chi connectivity index (χ0n) is 22.5. The van der Waals surface area contributed by atoms with Gasteiger partial charge >= 0.3 is 5.97 Å². The molecule has 0 saturated heterocycles. The standard InChI is InChI=1S/C34H36N2O3/c1-2-3-4-5-6-13-26-38-32-24-20-29(21-25-32)34(37)39-33-22-18-28(19-23-33)27-35-36(30-14-9-7-10-15-30)31-16-11-8-12-17-31/h7-12,14-25,27H,2-6,13,26H2,1H3/b35-27+. The van der Waals surface area contributed by atoms with Gasteiger partial charge in [0.25, 0.3) is 0 Å². The number of para-hydroxylation sites is 2. The van der Waals surface area contributed by atoms with Gasteiger partial charge in [0.2, 0.25) is 0 Å². The normalized spacial score (nSPS) is 10.9. The van der Waals surface area contributed by atoms with Gasteiger partial charge in [0, 0.05) is 0 Å². The highest BCUT2D eigenvalue weighted by Crippen LogP contribution is 2.25. The van der Waals surface area contributed by atoms with Gasteiger partial charge in [-0.1, -0.05) is 75.4 Å². The van der Waals surface area contributed by atoms with E-state index in [0.29, 0.717) is 17.9 Å². The number of rotatable bonds is 14. The molecule has 0 spiro atoms. The van der Waals surface area contributed by atoms with Gasteiger partial charge in [-0.25, -0.2) is 9.80 Å². The molecule has 4 aromatic rings. The molecule has 4 rings (SSSR count). The van der Waals surface area contributed by atoms with Crippen LogP contribution >= 0.6 is 0 Å². The largest absolute Gasteiger partial charge is 0.494 e. The summed E-state index contributed by atoms with van der Waals surface area (Å²) < 4.78 is 11.4. The Balaban J connectivity index is 1.30. The van der Waals surface area contributed by atoms with Gasteiger partial charge in [-0.3, -0.25) is 0 Å². The average Bonchev–Trinajstić information content (AvgIpc) is 2.99. The third-order valence-electron chi connectivity index (χ3n) is 6.27. The number of hydrazone groups is 1. The lowest BCUT2D eigenvalue weighted by Gasteiger charge is -2.19. The molecule has 0 aliphatic rings. The molecule has 5 heteroatoms. The summed E-state index contributed by atoms with van der Waals surface area (Å²) in [4.78, 5) is 12.6. The Morgan fingerprint density at radius 3 is 1.87 bits per heavy atom. The number of ether oxygens (including phenoxy) is 2. The fourth-order valence-corrected chi connectivity index (χ4v) is 4.09. The fourth-order valence-electron chi connectivity index (χ4n) is 4.09. The van der Waals surface area contributed by atoms with Crippen molar-refractivity contribution in [2.75, 3.05) is 11.6 Å². The highest BCUT2D eigenvalue weighted by molar-refractivity contribution is 5.91. The lowest BCUT2D eigenvalue weighted by atomic mass is 10.1. The number of carbonyl (C=O) groups is 1. The van der Waals surface area contributed by atoms with Crippen LogP contribution in [0.1, 0.15) is 61.4 Å². The van der Waals surface area contributed by atoms with E-state index in [4.69, 9.17) is 14.6 Å². The van der Waals surface area contributed by atoms with Crippen LogP contribution in [0.25, 0.3) is 0 Å². The first-order valence-corrected chi connectivity index (χ1v) is 13.7. The van der Waals surface area contributed by atoms with Gasteiger partial charge in [-0.05, 0) is 84.8 Å². The van der Waals surface area contributed by atoms with Crippen molar-refractivity contribution in [3.8, 4) is 11.5 Å². The molecule has 0 aromatic heterocycles. The topological polar surface area (TPSA) is 51.1 Å². The molecule has 0 unspecified atom stereocenters. The zero-order valence-corrected chi connectivity index (χ0v) is 22.5. The minimum Gasteiger partial charge on any atom is -0.494 e. The summed E-state index contributed by atoms with van der Waals surface area (Å²) in [7, 11) is 0. The molecule has 0 radical (unpaired) electrons. The number of anilines is 2. The van der Waals surface area contributed by atoms with E-state index in [2.05, 4.69) is 6.92 Å². The van der Waals surface area contributed by atoms with Crippen molar-refractivity contribution in [2.45, 2.75) is 45.4 Å². The van der Waals surface area contributed by atoms with Crippen molar-refractivity contribution in [3.63, 3.8) is 0 Å². The van der Waals surface area contributed by atoms with Crippen molar-refractivity contribution in [3.05, 3.63) is 120 Å². The van der Waals surface area contributed by atoms with E-state index in [9.17, 15) is 4.79 Å². The van der Waals surface area contributed by atoms with Crippen molar-refractivity contribution in [1.29, 1.82) is 0 Å². The molecule has 0 N–H and O–H groups in total. The SMILES string of the molecule is CCCCCCCCOc1ccc(C(=O)Oc2ccc(/C=N/N(c3ccccc3)c3ccccc3)cc2)cc1. The second kappa shape index (κ2) is 15.1. The second-order valence-corrected chi connectivity index (χ2v) is 9.33. The molecule has 39 heavy (non-hydrogen) atoms. The lowest BCUT2D eigenvalue weighted by Crippen LogP contribution is -2.09. The smallest absolute Gasteiger partial charge is 0.343 e. The molecule has 0 aliphatic heterocycles. The Morgan fingerprint density at radius 1 is 0.692 bits per heavy atom. The Morgan fingerprint density at radius 2 is 1.26 bits per heavy atom. The van der Waals surface area contributed by atoms with Crippen LogP contribution in [-0.4, -0.2) is 18.8 Å². The van der Waals surface area contributed by atoms with Gasteiger partial charge in [0.1, 0.15) is 11.5 Å². The van der Waals surface area contributed by atoms with E-state index in [0.717, 1.165) is 29.1 Å².